The van der Waals surface area contributed by atoms with Gasteiger partial charge in [0, 0.05) is 6.07 Å². The van der Waals surface area contributed by atoms with Crippen molar-refractivity contribution in [1.82, 2.24) is 0 Å². The summed E-state index contributed by atoms with van der Waals surface area (Å²) >= 11 is 6.06. The lowest BCUT2D eigenvalue weighted by molar-refractivity contribution is -0.130. The summed E-state index contributed by atoms with van der Waals surface area (Å²) < 4.78 is 10.6. The Morgan fingerprint density at radius 2 is 1.86 bits per heavy atom. The van der Waals surface area contributed by atoms with E-state index in [1.807, 2.05) is 0 Å². The van der Waals surface area contributed by atoms with Crippen LogP contribution < -0.4 is 9.47 Å². The van der Waals surface area contributed by atoms with Gasteiger partial charge in [-0.3, -0.25) is 9.59 Å². The molecule has 1 aromatic carbocycles. The van der Waals surface area contributed by atoms with Gasteiger partial charge in [-0.25, -0.2) is 0 Å². The molecule has 0 aromatic heterocycles. The Bertz CT molecular complexity index is 485. The van der Waals surface area contributed by atoms with Gasteiger partial charge in [-0.1, -0.05) is 11.6 Å². The fourth-order valence-corrected chi connectivity index (χ4v) is 2.28. The van der Waals surface area contributed by atoms with Gasteiger partial charge in [-0.05, 0) is 45.2 Å². The monoisotopic (exact) mass is 312 g/mol. The standard InChI is InChI=1S/C16H21ClO4/c1-11(18)14(12(2)19)6-4-5-9-21-16-8-7-13(20-3)10-15(16)17/h7-8,10,14H,4-6,9H2,1-3H3. The molecular weight excluding hydrogens is 292 g/mol. The van der Waals surface area contributed by atoms with Crippen LogP contribution in [0.25, 0.3) is 0 Å². The third-order valence-corrected chi connectivity index (χ3v) is 3.56. The highest BCUT2D eigenvalue weighted by molar-refractivity contribution is 6.32. The van der Waals surface area contributed by atoms with Crippen molar-refractivity contribution >= 4 is 23.2 Å². The average molecular weight is 313 g/mol. The average Bonchev–Trinajstić information content (AvgIpc) is 2.43. The summed E-state index contributed by atoms with van der Waals surface area (Å²) in [6.45, 7) is 3.41. The Morgan fingerprint density at radius 1 is 1.19 bits per heavy atom. The second-order valence-corrected chi connectivity index (χ2v) is 5.32. The molecule has 0 aliphatic carbocycles. The van der Waals surface area contributed by atoms with E-state index < -0.39 is 5.92 Å². The van der Waals surface area contributed by atoms with Gasteiger partial charge in [-0.2, -0.15) is 0 Å². The van der Waals surface area contributed by atoms with Crippen molar-refractivity contribution in [3.63, 3.8) is 0 Å². The molecule has 0 N–H and O–H groups in total. The molecule has 0 amide bonds. The lowest BCUT2D eigenvalue weighted by Crippen LogP contribution is -2.19. The maximum Gasteiger partial charge on any atom is 0.140 e. The van der Waals surface area contributed by atoms with Crippen LogP contribution in [0.1, 0.15) is 33.1 Å². The molecule has 0 fully saturated rings. The summed E-state index contributed by atoms with van der Waals surface area (Å²) in [6, 6.07) is 5.23. The normalized spacial score (nSPS) is 10.5. The van der Waals surface area contributed by atoms with Crippen LogP contribution in [-0.2, 0) is 9.59 Å². The SMILES string of the molecule is COc1ccc(OCCCCC(C(C)=O)C(C)=O)c(Cl)c1. The van der Waals surface area contributed by atoms with E-state index in [0.717, 1.165) is 12.8 Å². The molecule has 0 atom stereocenters. The number of rotatable bonds is 9. The van der Waals surface area contributed by atoms with Crippen molar-refractivity contribution in [1.29, 1.82) is 0 Å². The number of halogens is 1. The number of carbonyl (C=O) groups is 2. The zero-order chi connectivity index (χ0) is 15.8. The van der Waals surface area contributed by atoms with E-state index >= 15 is 0 Å². The predicted molar refractivity (Wildman–Crippen MR) is 82.2 cm³/mol. The summed E-state index contributed by atoms with van der Waals surface area (Å²) in [4.78, 5) is 22.6. The molecule has 4 nitrogen and oxygen atoms in total. The van der Waals surface area contributed by atoms with Crippen LogP contribution in [0.2, 0.25) is 5.02 Å². The minimum atomic E-state index is -0.477. The number of carbonyl (C=O) groups excluding carboxylic acids is 2. The number of Topliss-reactive ketones (excluding diaryl/α,β-unsaturated/α-hetero) is 2. The first-order chi connectivity index (χ1) is 9.95. The molecule has 1 rings (SSSR count). The molecule has 0 radical (unpaired) electrons. The van der Waals surface area contributed by atoms with Crippen molar-refractivity contribution in [2.24, 2.45) is 5.92 Å². The van der Waals surface area contributed by atoms with Crippen LogP contribution in [0.15, 0.2) is 18.2 Å². The zero-order valence-corrected chi connectivity index (χ0v) is 13.4. The highest BCUT2D eigenvalue weighted by atomic mass is 35.5. The summed E-state index contributed by atoms with van der Waals surface area (Å²) in [5.41, 5.74) is 0. The van der Waals surface area contributed by atoms with Crippen LogP contribution in [-0.4, -0.2) is 25.3 Å². The highest BCUT2D eigenvalue weighted by Crippen LogP contribution is 2.28. The maximum absolute atomic E-state index is 11.3. The number of hydrogen-bond donors (Lipinski definition) is 0. The van der Waals surface area contributed by atoms with Crippen LogP contribution in [0, 0.1) is 5.92 Å². The van der Waals surface area contributed by atoms with Gasteiger partial charge in [0.15, 0.2) is 0 Å². The fourth-order valence-electron chi connectivity index (χ4n) is 2.05. The fraction of sp³-hybridized carbons (Fsp3) is 0.500. The molecule has 0 saturated carbocycles. The largest absolute Gasteiger partial charge is 0.497 e. The quantitative estimate of drug-likeness (QED) is 0.515. The molecule has 0 unspecified atom stereocenters. The zero-order valence-electron chi connectivity index (χ0n) is 12.6. The summed E-state index contributed by atoms with van der Waals surface area (Å²) in [5.74, 6) is 0.670. The molecule has 1 aromatic rings. The van der Waals surface area contributed by atoms with Crippen molar-refractivity contribution in [3.05, 3.63) is 23.2 Å². The molecule has 0 aliphatic rings. The smallest absolute Gasteiger partial charge is 0.140 e. The van der Waals surface area contributed by atoms with Crippen LogP contribution in [0.4, 0.5) is 0 Å². The van der Waals surface area contributed by atoms with Crippen LogP contribution in [0.5, 0.6) is 11.5 Å². The summed E-state index contributed by atoms with van der Waals surface area (Å²) in [5, 5.41) is 0.500. The topological polar surface area (TPSA) is 52.6 Å². The van der Waals surface area contributed by atoms with Gasteiger partial charge in [0.2, 0.25) is 0 Å². The van der Waals surface area contributed by atoms with Crippen molar-refractivity contribution in [2.45, 2.75) is 33.1 Å². The second-order valence-electron chi connectivity index (χ2n) is 4.91. The number of unbranched alkanes of at least 4 members (excludes halogenated alkanes) is 1. The van der Waals surface area contributed by atoms with E-state index in [1.165, 1.54) is 13.8 Å². The Labute approximate surface area is 130 Å². The Hall–Kier alpha value is -1.55. The maximum atomic E-state index is 11.3. The lowest BCUT2D eigenvalue weighted by atomic mass is 9.94. The molecular formula is C16H21ClO4. The summed E-state index contributed by atoms with van der Waals surface area (Å²) in [7, 11) is 1.58. The second kappa shape index (κ2) is 8.67. The van der Waals surface area contributed by atoms with Gasteiger partial charge >= 0.3 is 0 Å². The minimum Gasteiger partial charge on any atom is -0.497 e. The molecule has 0 bridgehead atoms. The number of methoxy groups -OCH3 is 1. The van der Waals surface area contributed by atoms with Crippen molar-refractivity contribution in [3.8, 4) is 11.5 Å². The van der Waals surface area contributed by atoms with Gasteiger partial charge in [-0.15, -0.1) is 0 Å². The Morgan fingerprint density at radius 3 is 2.38 bits per heavy atom. The first-order valence-electron chi connectivity index (χ1n) is 6.93. The number of hydrogen-bond acceptors (Lipinski definition) is 4. The molecule has 0 aliphatic heterocycles. The molecule has 21 heavy (non-hydrogen) atoms. The number of benzene rings is 1. The lowest BCUT2D eigenvalue weighted by Gasteiger charge is -2.11. The minimum absolute atomic E-state index is 0.0679. The predicted octanol–water partition coefficient (Wildman–Crippen LogP) is 3.69. The Balaban J connectivity index is 2.34. The number of ether oxygens (including phenoxy) is 2. The van der Waals surface area contributed by atoms with Gasteiger partial charge in [0.05, 0.1) is 24.7 Å². The van der Waals surface area contributed by atoms with Crippen LogP contribution in [0.3, 0.4) is 0 Å². The van der Waals surface area contributed by atoms with Crippen molar-refractivity contribution in [2.75, 3.05) is 13.7 Å². The van der Waals surface area contributed by atoms with E-state index in [1.54, 1.807) is 25.3 Å². The third kappa shape index (κ3) is 5.76. The number of ketones is 2. The molecule has 0 heterocycles. The first-order valence-corrected chi connectivity index (χ1v) is 7.30. The van der Waals surface area contributed by atoms with Crippen LogP contribution >= 0.6 is 11.6 Å². The first kappa shape index (κ1) is 17.5. The highest BCUT2D eigenvalue weighted by Gasteiger charge is 2.18. The van der Waals surface area contributed by atoms with E-state index in [-0.39, 0.29) is 11.6 Å². The summed E-state index contributed by atoms with van der Waals surface area (Å²) in [6.07, 6.45) is 2.10. The van der Waals surface area contributed by atoms with Gasteiger partial charge < -0.3 is 9.47 Å². The van der Waals surface area contributed by atoms with E-state index in [0.29, 0.717) is 29.5 Å². The molecule has 0 saturated heterocycles. The van der Waals surface area contributed by atoms with E-state index in [4.69, 9.17) is 21.1 Å². The Kier molecular flexibility index (Phi) is 7.23. The van der Waals surface area contributed by atoms with E-state index in [2.05, 4.69) is 0 Å². The molecule has 116 valence electrons. The molecule has 0 spiro atoms. The van der Waals surface area contributed by atoms with Gasteiger partial charge in [0.1, 0.15) is 23.1 Å². The van der Waals surface area contributed by atoms with Gasteiger partial charge in [0.25, 0.3) is 0 Å². The van der Waals surface area contributed by atoms with Crippen molar-refractivity contribution < 1.29 is 19.1 Å². The molecule has 5 heteroatoms. The third-order valence-electron chi connectivity index (χ3n) is 3.27. The van der Waals surface area contributed by atoms with E-state index in [9.17, 15) is 9.59 Å².